The highest BCUT2D eigenvalue weighted by Crippen LogP contribution is 2.70. The Bertz CT molecular complexity index is 406. The fraction of sp³-hybridized carbons (Fsp3) is 0.900. The van der Waals surface area contributed by atoms with Crippen molar-refractivity contribution in [2.75, 3.05) is 6.54 Å². The molecule has 0 aromatic rings. The van der Waals surface area contributed by atoms with Crippen molar-refractivity contribution < 1.29 is 0 Å². The molecule has 0 spiro atoms. The van der Waals surface area contributed by atoms with Gasteiger partial charge in [-0.1, -0.05) is 26.3 Å². The third kappa shape index (κ3) is 3.09. The van der Waals surface area contributed by atoms with Crippen molar-refractivity contribution in [2.24, 2.45) is 22.2 Å². The minimum atomic E-state index is 0.630. The number of rotatable bonds is 6. The summed E-state index contributed by atoms with van der Waals surface area (Å²) in [5, 5.41) is 3.75. The van der Waals surface area contributed by atoms with Crippen molar-refractivity contribution in [2.45, 2.75) is 85.1 Å². The molecule has 0 amide bonds. The van der Waals surface area contributed by atoms with Crippen LogP contribution in [0.4, 0.5) is 0 Å². The third-order valence-electron chi connectivity index (χ3n) is 6.51. The number of hydrogen-bond acceptors (Lipinski definition) is 1. The molecule has 4 aliphatic rings. The molecule has 4 fully saturated rings. The van der Waals surface area contributed by atoms with Gasteiger partial charge >= 0.3 is 0 Å². The fourth-order valence-electron chi connectivity index (χ4n) is 7.36. The molecule has 3 atom stereocenters. The highest BCUT2D eigenvalue weighted by molar-refractivity contribution is 5.11. The smallest absolute Gasteiger partial charge is 0.0109 e. The van der Waals surface area contributed by atoms with E-state index in [1.807, 2.05) is 0 Å². The van der Waals surface area contributed by atoms with Crippen LogP contribution in [-0.4, -0.2) is 12.6 Å². The van der Waals surface area contributed by atoms with Gasteiger partial charge in [-0.15, -0.1) is 6.58 Å². The predicted octanol–water partition coefficient (Wildman–Crippen LogP) is 5.32. The van der Waals surface area contributed by atoms with E-state index in [9.17, 15) is 0 Å². The molecule has 3 unspecified atom stereocenters. The van der Waals surface area contributed by atoms with E-state index in [4.69, 9.17) is 0 Å². The molecular formula is C20H35N. The first-order valence-electron chi connectivity index (χ1n) is 9.13. The molecule has 1 heteroatoms. The fourth-order valence-corrected chi connectivity index (χ4v) is 7.36. The number of nitrogens with one attached hydrogen (secondary N) is 1. The molecule has 0 saturated heterocycles. The van der Waals surface area contributed by atoms with Gasteiger partial charge in [0.1, 0.15) is 0 Å². The highest BCUT2D eigenvalue weighted by atomic mass is 14.9. The molecule has 0 heterocycles. The van der Waals surface area contributed by atoms with Gasteiger partial charge in [-0.2, -0.15) is 0 Å². The maximum atomic E-state index is 4.16. The normalized spacial score (nSPS) is 45.8. The first-order valence-corrected chi connectivity index (χ1v) is 9.13. The second-order valence-corrected chi connectivity index (χ2v) is 9.75. The van der Waals surface area contributed by atoms with Crippen LogP contribution in [0.1, 0.15) is 79.1 Å². The topological polar surface area (TPSA) is 12.0 Å². The van der Waals surface area contributed by atoms with Crippen molar-refractivity contribution in [3.05, 3.63) is 12.2 Å². The summed E-state index contributed by atoms with van der Waals surface area (Å²) < 4.78 is 0. The molecule has 0 aromatic heterocycles. The van der Waals surface area contributed by atoms with Gasteiger partial charge in [-0.25, -0.2) is 0 Å². The summed E-state index contributed by atoms with van der Waals surface area (Å²) in [5.74, 6) is 1.02. The zero-order valence-electron chi connectivity index (χ0n) is 14.7. The van der Waals surface area contributed by atoms with Gasteiger partial charge in [-0.3, -0.25) is 0 Å². The summed E-state index contributed by atoms with van der Waals surface area (Å²) in [5.41, 5.74) is 3.26. The van der Waals surface area contributed by atoms with Gasteiger partial charge in [0.25, 0.3) is 0 Å². The van der Waals surface area contributed by atoms with Crippen LogP contribution in [-0.2, 0) is 0 Å². The summed E-state index contributed by atoms with van der Waals surface area (Å²) in [6.45, 7) is 14.9. The number of hydrogen-bond donors (Lipinski definition) is 1. The molecule has 4 bridgehead atoms. The van der Waals surface area contributed by atoms with Crippen LogP contribution in [0, 0.1) is 22.2 Å². The van der Waals surface area contributed by atoms with E-state index in [0.29, 0.717) is 22.3 Å². The minimum absolute atomic E-state index is 0.630. The second kappa shape index (κ2) is 5.11. The molecule has 21 heavy (non-hydrogen) atoms. The van der Waals surface area contributed by atoms with E-state index in [0.717, 1.165) is 18.9 Å². The van der Waals surface area contributed by atoms with Crippen molar-refractivity contribution in [1.82, 2.24) is 5.32 Å². The van der Waals surface area contributed by atoms with Crippen LogP contribution >= 0.6 is 0 Å². The van der Waals surface area contributed by atoms with Crippen molar-refractivity contribution >= 4 is 0 Å². The van der Waals surface area contributed by atoms with Gasteiger partial charge in [0.05, 0.1) is 0 Å². The Morgan fingerprint density at radius 1 is 1.14 bits per heavy atom. The molecule has 1 nitrogen and oxygen atoms in total. The molecule has 0 radical (unpaired) electrons. The van der Waals surface area contributed by atoms with Gasteiger partial charge < -0.3 is 5.32 Å². The predicted molar refractivity (Wildman–Crippen MR) is 91.4 cm³/mol. The van der Waals surface area contributed by atoms with E-state index in [2.05, 4.69) is 39.6 Å². The van der Waals surface area contributed by atoms with E-state index in [-0.39, 0.29) is 0 Å². The van der Waals surface area contributed by atoms with Crippen LogP contribution in [0.15, 0.2) is 12.2 Å². The maximum Gasteiger partial charge on any atom is 0.0109 e. The summed E-state index contributed by atoms with van der Waals surface area (Å²) >= 11 is 0. The maximum absolute atomic E-state index is 4.16. The quantitative estimate of drug-likeness (QED) is 0.653. The van der Waals surface area contributed by atoms with Crippen LogP contribution < -0.4 is 5.32 Å². The van der Waals surface area contributed by atoms with E-state index in [1.165, 1.54) is 50.5 Å². The molecular weight excluding hydrogens is 254 g/mol. The third-order valence-corrected chi connectivity index (χ3v) is 6.51. The first-order chi connectivity index (χ1) is 9.76. The van der Waals surface area contributed by atoms with Crippen molar-refractivity contribution in [3.8, 4) is 0 Å². The molecule has 120 valence electrons. The lowest BCUT2D eigenvalue weighted by atomic mass is 9.39. The molecule has 4 rings (SSSR count). The van der Waals surface area contributed by atoms with Crippen LogP contribution in [0.2, 0.25) is 0 Å². The van der Waals surface area contributed by atoms with Crippen LogP contribution in [0.5, 0.6) is 0 Å². The van der Waals surface area contributed by atoms with Crippen LogP contribution in [0.25, 0.3) is 0 Å². The van der Waals surface area contributed by atoms with E-state index in [1.54, 1.807) is 0 Å². The lowest BCUT2D eigenvalue weighted by Gasteiger charge is -2.66. The zero-order valence-corrected chi connectivity index (χ0v) is 14.7. The van der Waals surface area contributed by atoms with Crippen LogP contribution in [0.3, 0.4) is 0 Å². The Labute approximate surface area is 132 Å². The molecule has 4 aliphatic carbocycles. The molecule has 0 aliphatic heterocycles. The SMILES string of the molecule is C=C(C)CC(CC12CC3CC(C)(CC(C)(C3)C1)C2)NCC. The van der Waals surface area contributed by atoms with Gasteiger partial charge in [0.15, 0.2) is 0 Å². The van der Waals surface area contributed by atoms with Crippen molar-refractivity contribution in [3.63, 3.8) is 0 Å². The first kappa shape index (κ1) is 15.6. The Kier molecular flexibility index (Phi) is 3.80. The average molecular weight is 290 g/mol. The second-order valence-electron chi connectivity index (χ2n) is 9.75. The summed E-state index contributed by atoms with van der Waals surface area (Å²) in [4.78, 5) is 0. The Morgan fingerprint density at radius 2 is 1.76 bits per heavy atom. The highest BCUT2D eigenvalue weighted by Gasteiger charge is 2.59. The van der Waals surface area contributed by atoms with E-state index >= 15 is 0 Å². The van der Waals surface area contributed by atoms with Crippen molar-refractivity contribution in [1.29, 1.82) is 0 Å². The Morgan fingerprint density at radius 3 is 2.24 bits per heavy atom. The summed E-state index contributed by atoms with van der Waals surface area (Å²) in [7, 11) is 0. The molecule has 4 saturated carbocycles. The van der Waals surface area contributed by atoms with Gasteiger partial charge in [0, 0.05) is 6.04 Å². The summed E-state index contributed by atoms with van der Waals surface area (Å²) in [6.07, 6.45) is 11.5. The Hall–Kier alpha value is -0.300. The standard InChI is InChI=1S/C20H35N/c1-6-21-17(7-15(2)3)11-20-10-16-8-18(4,13-20)12-19(5,9-16)14-20/h16-17,21H,2,6-14H2,1,3-5H3. The van der Waals surface area contributed by atoms with Gasteiger partial charge in [-0.05, 0) is 87.0 Å². The minimum Gasteiger partial charge on any atom is -0.314 e. The summed E-state index contributed by atoms with van der Waals surface area (Å²) in [6, 6.07) is 0.649. The lowest BCUT2D eigenvalue weighted by molar-refractivity contribution is -0.150. The monoisotopic (exact) mass is 289 g/mol. The Balaban J connectivity index is 1.78. The van der Waals surface area contributed by atoms with Gasteiger partial charge in [0.2, 0.25) is 0 Å². The lowest BCUT2D eigenvalue weighted by Crippen LogP contribution is -2.56. The zero-order chi connectivity index (χ0) is 15.3. The molecule has 1 N–H and O–H groups in total. The largest absolute Gasteiger partial charge is 0.314 e. The van der Waals surface area contributed by atoms with E-state index < -0.39 is 0 Å². The molecule has 0 aromatic carbocycles. The average Bonchev–Trinajstić information content (AvgIpc) is 2.21.